The molecule has 25 heavy (non-hydrogen) atoms. The number of anilines is 1. The molecule has 2 saturated heterocycles. The van der Waals surface area contributed by atoms with Crippen molar-refractivity contribution in [1.29, 1.82) is 0 Å². The van der Waals surface area contributed by atoms with Gasteiger partial charge in [-0.15, -0.1) is 0 Å². The Balaban J connectivity index is 1.43. The van der Waals surface area contributed by atoms with Crippen molar-refractivity contribution >= 4 is 5.82 Å². The van der Waals surface area contributed by atoms with Gasteiger partial charge in [-0.2, -0.15) is 0 Å². The van der Waals surface area contributed by atoms with Crippen molar-refractivity contribution < 1.29 is 5.11 Å². The molecule has 2 atom stereocenters. The van der Waals surface area contributed by atoms with Gasteiger partial charge in [-0.1, -0.05) is 30.3 Å². The second-order valence-electron chi connectivity index (χ2n) is 7.21. The second-order valence-corrected chi connectivity index (χ2v) is 7.21. The van der Waals surface area contributed by atoms with Crippen molar-refractivity contribution in [2.24, 2.45) is 0 Å². The Bertz CT molecular complexity index is 681. The Hall–Kier alpha value is -1.98. The largest absolute Gasteiger partial charge is 0.389 e. The van der Waals surface area contributed by atoms with Crippen LogP contribution >= 0.6 is 0 Å². The summed E-state index contributed by atoms with van der Waals surface area (Å²) in [6.45, 7) is 3.68. The first-order valence-electron chi connectivity index (χ1n) is 9.26. The molecule has 0 radical (unpaired) electrons. The van der Waals surface area contributed by atoms with E-state index in [1.165, 1.54) is 12.0 Å². The number of hydrogen-bond donors (Lipinski definition) is 1. The molecule has 0 bridgehead atoms. The van der Waals surface area contributed by atoms with E-state index < -0.39 is 0 Å². The van der Waals surface area contributed by atoms with Gasteiger partial charge in [0, 0.05) is 32.0 Å². The number of aromatic nitrogens is 2. The van der Waals surface area contributed by atoms with Crippen molar-refractivity contribution in [3.63, 3.8) is 0 Å². The molecule has 132 valence electrons. The van der Waals surface area contributed by atoms with Crippen LogP contribution in [0.2, 0.25) is 0 Å². The van der Waals surface area contributed by atoms with Crippen molar-refractivity contribution in [3.05, 3.63) is 54.5 Å². The molecule has 0 unspecified atom stereocenters. The zero-order valence-electron chi connectivity index (χ0n) is 14.6. The first-order chi connectivity index (χ1) is 12.3. The van der Waals surface area contributed by atoms with Gasteiger partial charge in [0.05, 0.1) is 17.8 Å². The summed E-state index contributed by atoms with van der Waals surface area (Å²) in [7, 11) is 0. The third kappa shape index (κ3) is 3.26. The highest BCUT2D eigenvalue weighted by Crippen LogP contribution is 2.39. The summed E-state index contributed by atoms with van der Waals surface area (Å²) < 4.78 is 0. The summed E-state index contributed by atoms with van der Waals surface area (Å²) >= 11 is 0. The highest BCUT2D eigenvalue weighted by Gasteiger charge is 2.49. The molecule has 0 saturated carbocycles. The predicted molar refractivity (Wildman–Crippen MR) is 98.6 cm³/mol. The van der Waals surface area contributed by atoms with Gasteiger partial charge in [-0.05, 0) is 37.8 Å². The maximum absolute atomic E-state index is 11.0. The first-order valence-corrected chi connectivity index (χ1v) is 9.26. The molecule has 0 aliphatic carbocycles. The first kappa shape index (κ1) is 16.5. The van der Waals surface area contributed by atoms with Gasteiger partial charge in [0.15, 0.2) is 0 Å². The van der Waals surface area contributed by atoms with Crippen LogP contribution in [-0.2, 0) is 6.42 Å². The molecule has 3 heterocycles. The Kier molecular flexibility index (Phi) is 4.68. The van der Waals surface area contributed by atoms with Crippen molar-refractivity contribution in [3.8, 4) is 0 Å². The van der Waals surface area contributed by atoms with E-state index in [1.807, 2.05) is 0 Å². The molecule has 2 aliphatic rings. The Labute approximate surface area is 149 Å². The van der Waals surface area contributed by atoms with Crippen LogP contribution < -0.4 is 4.90 Å². The molecule has 4 rings (SSSR count). The summed E-state index contributed by atoms with van der Waals surface area (Å²) in [6.07, 6.45) is 9.15. The van der Waals surface area contributed by atoms with Gasteiger partial charge in [0.2, 0.25) is 0 Å². The standard InChI is InChI=1S/C20H26N4O/c25-18-16-23(19-15-21-10-11-22-19)14-9-20(18)8-4-12-24(20)13-7-17-5-2-1-3-6-17/h1-3,5-6,10-11,15,18,25H,4,7-9,12-14,16H2/t18-,20-/m0/s1. The van der Waals surface area contributed by atoms with E-state index in [4.69, 9.17) is 0 Å². The van der Waals surface area contributed by atoms with E-state index >= 15 is 0 Å². The topological polar surface area (TPSA) is 52.5 Å². The number of hydrogen-bond acceptors (Lipinski definition) is 5. The van der Waals surface area contributed by atoms with Crippen LogP contribution in [0.5, 0.6) is 0 Å². The number of piperidine rings is 1. The fourth-order valence-corrected chi connectivity index (χ4v) is 4.49. The van der Waals surface area contributed by atoms with Crippen LogP contribution in [0, 0.1) is 0 Å². The van der Waals surface area contributed by atoms with E-state index in [0.717, 1.165) is 44.7 Å². The molecule has 2 aromatic rings. The highest BCUT2D eigenvalue weighted by atomic mass is 16.3. The quantitative estimate of drug-likeness (QED) is 0.925. The summed E-state index contributed by atoms with van der Waals surface area (Å²) in [5.41, 5.74) is 1.31. The fourth-order valence-electron chi connectivity index (χ4n) is 4.49. The molecule has 2 aliphatic heterocycles. The number of nitrogens with zero attached hydrogens (tertiary/aromatic N) is 4. The third-order valence-corrected chi connectivity index (χ3v) is 5.88. The molecule has 5 nitrogen and oxygen atoms in total. The summed E-state index contributed by atoms with van der Waals surface area (Å²) in [4.78, 5) is 13.2. The molecular formula is C20H26N4O. The summed E-state index contributed by atoms with van der Waals surface area (Å²) in [5, 5.41) is 11.0. The third-order valence-electron chi connectivity index (χ3n) is 5.88. The molecule has 0 amide bonds. The average Bonchev–Trinajstić information content (AvgIpc) is 3.07. The number of rotatable bonds is 4. The Morgan fingerprint density at radius 1 is 1.12 bits per heavy atom. The van der Waals surface area contributed by atoms with Crippen LogP contribution in [0.4, 0.5) is 5.82 Å². The van der Waals surface area contributed by atoms with Crippen LogP contribution in [0.25, 0.3) is 0 Å². The lowest BCUT2D eigenvalue weighted by atomic mass is 9.82. The highest BCUT2D eigenvalue weighted by molar-refractivity contribution is 5.37. The van der Waals surface area contributed by atoms with Crippen LogP contribution in [0.1, 0.15) is 24.8 Å². The predicted octanol–water partition coefficient (Wildman–Crippen LogP) is 2.12. The van der Waals surface area contributed by atoms with E-state index in [9.17, 15) is 5.11 Å². The zero-order chi connectivity index (χ0) is 17.1. The second kappa shape index (κ2) is 7.10. The molecule has 2 fully saturated rings. The van der Waals surface area contributed by atoms with Gasteiger partial charge >= 0.3 is 0 Å². The van der Waals surface area contributed by atoms with Gasteiger partial charge in [-0.25, -0.2) is 4.98 Å². The normalized spacial score (nSPS) is 27.1. The SMILES string of the molecule is O[C@H]1CN(c2cnccn2)CC[C@@]12CCCN2CCc1ccccc1. The zero-order valence-corrected chi connectivity index (χ0v) is 14.6. The van der Waals surface area contributed by atoms with E-state index in [0.29, 0.717) is 6.54 Å². The number of aliphatic hydroxyl groups is 1. The molecule has 1 aromatic carbocycles. The number of β-amino-alcohol motifs (C(OH)–C–C–N with tert-alkyl or cyclic N) is 1. The Morgan fingerprint density at radius 2 is 2.00 bits per heavy atom. The smallest absolute Gasteiger partial charge is 0.147 e. The minimum atomic E-state index is -0.346. The minimum absolute atomic E-state index is 0.0620. The Morgan fingerprint density at radius 3 is 2.76 bits per heavy atom. The van der Waals surface area contributed by atoms with Gasteiger partial charge < -0.3 is 10.0 Å². The minimum Gasteiger partial charge on any atom is -0.389 e. The van der Waals surface area contributed by atoms with E-state index in [-0.39, 0.29) is 11.6 Å². The fraction of sp³-hybridized carbons (Fsp3) is 0.500. The van der Waals surface area contributed by atoms with Crippen LogP contribution in [0.15, 0.2) is 48.9 Å². The lowest BCUT2D eigenvalue weighted by molar-refractivity contribution is -0.0204. The van der Waals surface area contributed by atoms with Crippen molar-refractivity contribution in [1.82, 2.24) is 14.9 Å². The lowest BCUT2D eigenvalue weighted by Gasteiger charge is -2.48. The lowest BCUT2D eigenvalue weighted by Crippen LogP contribution is -2.62. The number of benzene rings is 1. The maximum Gasteiger partial charge on any atom is 0.147 e. The van der Waals surface area contributed by atoms with Crippen LogP contribution in [-0.4, -0.2) is 57.8 Å². The summed E-state index contributed by atoms with van der Waals surface area (Å²) in [6, 6.07) is 10.6. The monoisotopic (exact) mass is 338 g/mol. The number of aliphatic hydroxyl groups excluding tert-OH is 1. The molecular weight excluding hydrogens is 312 g/mol. The van der Waals surface area contributed by atoms with E-state index in [2.05, 4.69) is 50.1 Å². The van der Waals surface area contributed by atoms with Gasteiger partial charge in [0.1, 0.15) is 5.82 Å². The average molecular weight is 338 g/mol. The van der Waals surface area contributed by atoms with Crippen molar-refractivity contribution in [2.75, 3.05) is 31.1 Å². The van der Waals surface area contributed by atoms with Gasteiger partial charge in [0.25, 0.3) is 0 Å². The molecule has 1 spiro atoms. The van der Waals surface area contributed by atoms with Crippen molar-refractivity contribution in [2.45, 2.75) is 37.3 Å². The van der Waals surface area contributed by atoms with Gasteiger partial charge in [-0.3, -0.25) is 9.88 Å². The molecule has 5 heteroatoms. The summed E-state index contributed by atoms with van der Waals surface area (Å²) in [5.74, 6) is 0.866. The molecule has 1 N–H and O–H groups in total. The maximum atomic E-state index is 11.0. The van der Waals surface area contributed by atoms with Crippen LogP contribution in [0.3, 0.4) is 0 Å². The number of likely N-dealkylation sites (tertiary alicyclic amines) is 1. The van der Waals surface area contributed by atoms with E-state index in [1.54, 1.807) is 18.6 Å². The molecule has 1 aromatic heterocycles.